The highest BCUT2D eigenvalue weighted by Crippen LogP contribution is 2.19. The van der Waals surface area contributed by atoms with Crippen LogP contribution in [0.1, 0.15) is 18.1 Å². The summed E-state index contributed by atoms with van der Waals surface area (Å²) in [5.74, 6) is 0. The van der Waals surface area contributed by atoms with Crippen LogP contribution in [0.5, 0.6) is 0 Å². The molecule has 0 bridgehead atoms. The number of nitrogens with zero attached hydrogens (tertiary/aromatic N) is 1. The Morgan fingerprint density at radius 2 is 2.23 bits per heavy atom. The largest absolute Gasteiger partial charge is 0.257 e. The van der Waals surface area contributed by atoms with Crippen molar-refractivity contribution in [2.24, 2.45) is 4.99 Å². The van der Waals surface area contributed by atoms with Crippen molar-refractivity contribution in [3.63, 3.8) is 0 Å². The van der Waals surface area contributed by atoms with Gasteiger partial charge in [0.05, 0.1) is 5.69 Å². The number of benzene rings is 1. The van der Waals surface area contributed by atoms with Crippen LogP contribution in [0.3, 0.4) is 0 Å². The minimum Gasteiger partial charge on any atom is -0.257 e. The molecule has 0 heterocycles. The minimum atomic E-state index is 1.03. The van der Waals surface area contributed by atoms with Crippen LogP contribution in [0.2, 0.25) is 0 Å². The maximum atomic E-state index is 4.26. The second kappa shape index (κ2) is 4.61. The van der Waals surface area contributed by atoms with E-state index in [0.717, 1.165) is 12.1 Å². The standard InChI is InChI=1S/C12H15N/c1-4-8-13-12-7-6-11(5-2)9-10(12)3/h4,6-9H,1,5H2,2-3H3. The summed E-state index contributed by atoms with van der Waals surface area (Å²) in [6.45, 7) is 7.82. The summed E-state index contributed by atoms with van der Waals surface area (Å²) in [4.78, 5) is 4.26. The van der Waals surface area contributed by atoms with Crippen LogP contribution in [0, 0.1) is 6.92 Å². The summed E-state index contributed by atoms with van der Waals surface area (Å²) < 4.78 is 0. The third-order valence-electron chi connectivity index (χ3n) is 1.99. The van der Waals surface area contributed by atoms with Gasteiger partial charge in [0, 0.05) is 6.21 Å². The quantitative estimate of drug-likeness (QED) is 0.621. The molecule has 0 amide bonds. The summed E-state index contributed by atoms with van der Waals surface area (Å²) in [6.07, 6.45) is 4.48. The molecule has 0 fully saturated rings. The average molecular weight is 173 g/mol. The highest BCUT2D eigenvalue weighted by atomic mass is 14.7. The van der Waals surface area contributed by atoms with Gasteiger partial charge in [0.2, 0.25) is 0 Å². The fourth-order valence-corrected chi connectivity index (χ4v) is 1.22. The normalized spacial score (nSPS) is 10.6. The van der Waals surface area contributed by atoms with Gasteiger partial charge in [0.15, 0.2) is 0 Å². The topological polar surface area (TPSA) is 12.4 Å². The van der Waals surface area contributed by atoms with E-state index in [2.05, 4.69) is 37.6 Å². The lowest BCUT2D eigenvalue weighted by molar-refractivity contribution is 1.13. The van der Waals surface area contributed by atoms with E-state index in [4.69, 9.17) is 0 Å². The molecule has 0 aliphatic rings. The third kappa shape index (κ3) is 2.55. The summed E-state index contributed by atoms with van der Waals surface area (Å²) in [6, 6.07) is 6.34. The molecule has 1 aromatic rings. The Hall–Kier alpha value is -1.37. The summed E-state index contributed by atoms with van der Waals surface area (Å²) >= 11 is 0. The molecule has 1 nitrogen and oxygen atoms in total. The zero-order chi connectivity index (χ0) is 9.68. The van der Waals surface area contributed by atoms with Crippen molar-refractivity contribution in [3.8, 4) is 0 Å². The van der Waals surface area contributed by atoms with Crippen LogP contribution in [0.25, 0.3) is 0 Å². The van der Waals surface area contributed by atoms with E-state index in [1.807, 2.05) is 6.07 Å². The predicted octanol–water partition coefficient (Wildman–Crippen LogP) is 3.45. The smallest absolute Gasteiger partial charge is 0.0658 e. The van der Waals surface area contributed by atoms with Crippen LogP contribution < -0.4 is 0 Å². The molecule has 0 atom stereocenters. The van der Waals surface area contributed by atoms with Crippen LogP contribution in [-0.2, 0) is 6.42 Å². The molecule has 0 unspecified atom stereocenters. The Labute approximate surface area is 79.8 Å². The molecular formula is C12H15N. The molecule has 0 saturated carbocycles. The SMILES string of the molecule is C=CC=Nc1ccc(CC)cc1C. The number of hydrogen-bond acceptors (Lipinski definition) is 1. The fourth-order valence-electron chi connectivity index (χ4n) is 1.22. The Morgan fingerprint density at radius 1 is 1.46 bits per heavy atom. The first-order valence-electron chi connectivity index (χ1n) is 4.52. The van der Waals surface area contributed by atoms with Gasteiger partial charge in [-0.2, -0.15) is 0 Å². The molecular weight excluding hydrogens is 158 g/mol. The molecule has 68 valence electrons. The average Bonchev–Trinajstić information content (AvgIpc) is 2.16. The van der Waals surface area contributed by atoms with E-state index in [-0.39, 0.29) is 0 Å². The molecule has 0 N–H and O–H groups in total. The zero-order valence-corrected chi connectivity index (χ0v) is 8.25. The molecule has 0 aliphatic heterocycles. The molecule has 1 rings (SSSR count). The van der Waals surface area contributed by atoms with E-state index < -0.39 is 0 Å². The van der Waals surface area contributed by atoms with Crippen LogP contribution in [0.4, 0.5) is 5.69 Å². The van der Waals surface area contributed by atoms with Crippen molar-refractivity contribution < 1.29 is 0 Å². The van der Waals surface area contributed by atoms with Crippen molar-refractivity contribution in [1.82, 2.24) is 0 Å². The maximum Gasteiger partial charge on any atom is 0.0658 e. The van der Waals surface area contributed by atoms with Crippen molar-refractivity contribution in [2.45, 2.75) is 20.3 Å². The van der Waals surface area contributed by atoms with Gasteiger partial charge in [-0.15, -0.1) is 0 Å². The summed E-state index contributed by atoms with van der Waals surface area (Å²) in [5.41, 5.74) is 3.60. The van der Waals surface area contributed by atoms with Gasteiger partial charge in [-0.05, 0) is 30.5 Å². The number of rotatable bonds is 3. The Morgan fingerprint density at radius 3 is 2.77 bits per heavy atom. The molecule has 0 spiro atoms. The lowest BCUT2D eigenvalue weighted by Gasteiger charge is -2.01. The van der Waals surface area contributed by atoms with Crippen LogP contribution in [-0.4, -0.2) is 6.21 Å². The second-order valence-corrected chi connectivity index (χ2v) is 2.99. The van der Waals surface area contributed by atoms with E-state index in [0.29, 0.717) is 0 Å². The lowest BCUT2D eigenvalue weighted by atomic mass is 10.1. The molecule has 0 saturated heterocycles. The highest BCUT2D eigenvalue weighted by Gasteiger charge is 1.95. The van der Waals surface area contributed by atoms with E-state index in [1.54, 1.807) is 12.3 Å². The Balaban J connectivity index is 2.98. The van der Waals surface area contributed by atoms with Gasteiger partial charge in [-0.3, -0.25) is 4.99 Å². The van der Waals surface area contributed by atoms with Crippen molar-refractivity contribution >= 4 is 11.9 Å². The molecule has 13 heavy (non-hydrogen) atoms. The number of aryl methyl sites for hydroxylation is 2. The van der Waals surface area contributed by atoms with E-state index in [1.165, 1.54) is 11.1 Å². The van der Waals surface area contributed by atoms with Gasteiger partial charge in [0.1, 0.15) is 0 Å². The highest BCUT2D eigenvalue weighted by molar-refractivity contribution is 5.74. The first-order chi connectivity index (χ1) is 6.27. The van der Waals surface area contributed by atoms with Crippen molar-refractivity contribution in [1.29, 1.82) is 0 Å². The van der Waals surface area contributed by atoms with Gasteiger partial charge in [-0.25, -0.2) is 0 Å². The van der Waals surface area contributed by atoms with Gasteiger partial charge < -0.3 is 0 Å². The first kappa shape index (κ1) is 9.72. The van der Waals surface area contributed by atoms with E-state index >= 15 is 0 Å². The van der Waals surface area contributed by atoms with Gasteiger partial charge in [-0.1, -0.05) is 31.7 Å². The predicted molar refractivity (Wildman–Crippen MR) is 58.9 cm³/mol. The zero-order valence-electron chi connectivity index (χ0n) is 8.25. The fraction of sp³-hybridized carbons (Fsp3) is 0.250. The number of aliphatic imine (C=N–C) groups is 1. The second-order valence-electron chi connectivity index (χ2n) is 2.99. The van der Waals surface area contributed by atoms with Crippen LogP contribution in [0.15, 0.2) is 35.8 Å². The summed E-state index contributed by atoms with van der Waals surface area (Å²) in [7, 11) is 0. The Kier molecular flexibility index (Phi) is 3.44. The lowest BCUT2D eigenvalue weighted by Crippen LogP contribution is -1.82. The molecule has 0 aromatic heterocycles. The van der Waals surface area contributed by atoms with Crippen LogP contribution >= 0.6 is 0 Å². The maximum absolute atomic E-state index is 4.26. The van der Waals surface area contributed by atoms with Gasteiger partial charge in [0.25, 0.3) is 0 Å². The van der Waals surface area contributed by atoms with Crippen molar-refractivity contribution in [2.75, 3.05) is 0 Å². The van der Waals surface area contributed by atoms with E-state index in [9.17, 15) is 0 Å². The first-order valence-corrected chi connectivity index (χ1v) is 4.52. The monoisotopic (exact) mass is 173 g/mol. The molecule has 0 aliphatic carbocycles. The summed E-state index contributed by atoms with van der Waals surface area (Å²) in [5, 5.41) is 0. The Bertz CT molecular complexity index is 324. The number of hydrogen-bond donors (Lipinski definition) is 0. The molecule has 1 heteroatoms. The minimum absolute atomic E-state index is 1.03. The van der Waals surface area contributed by atoms with Gasteiger partial charge >= 0.3 is 0 Å². The molecule has 0 radical (unpaired) electrons. The number of allylic oxidation sites excluding steroid dienone is 1. The third-order valence-corrected chi connectivity index (χ3v) is 1.99. The molecule has 1 aromatic carbocycles. The van der Waals surface area contributed by atoms with Crippen molar-refractivity contribution in [3.05, 3.63) is 42.0 Å².